The smallest absolute Gasteiger partial charge is 0.276 e. The molecule has 11 nitrogen and oxygen atoms in total. The second-order valence-electron chi connectivity index (χ2n) is 4.93. The largest absolute Gasteiger partial charge is 0.394 e. The summed E-state index contributed by atoms with van der Waals surface area (Å²) in [6, 6.07) is 0. The number of anilines is 2. The maximum absolute atomic E-state index is 10.3. The Hall–Kier alpha value is -2.05. The van der Waals surface area contributed by atoms with Gasteiger partial charge in [-0.15, -0.1) is 5.10 Å². The number of nitrogen functional groups attached to an aromatic ring is 2. The highest BCUT2D eigenvalue weighted by atomic mass is 16.9. The molecule has 4 atom stereocenters. The number of nitrogens with zero attached hydrogens (tertiary/aromatic N) is 4. The number of epoxide rings is 1. The molecule has 2 aliphatic heterocycles. The number of aromatic nitrogens is 4. The number of imidazole rings is 1. The molecule has 0 spiro atoms. The fraction of sp³-hybridized carbons (Fsp3) is 0.500. The standard InChI is InChI=1S/C10H12N6O5/c11-6-7-13-1-4(16(7)15-8(12)14-6)10-9(19,21-10)5(18)3(2-17)20-10/h1,3,5,17-19H,2H2,(H4,11,12,14,15)/t3-,5-,9+,10-/m1/s1. The van der Waals surface area contributed by atoms with Gasteiger partial charge in [0.2, 0.25) is 5.95 Å². The quantitative estimate of drug-likeness (QED) is 0.357. The summed E-state index contributed by atoms with van der Waals surface area (Å²) in [7, 11) is 0. The van der Waals surface area contributed by atoms with E-state index in [-0.39, 0.29) is 23.1 Å². The van der Waals surface area contributed by atoms with Gasteiger partial charge in [0.05, 0.1) is 12.8 Å². The summed E-state index contributed by atoms with van der Waals surface area (Å²) in [6.07, 6.45) is -1.08. The van der Waals surface area contributed by atoms with Crippen molar-refractivity contribution in [2.75, 3.05) is 18.1 Å². The van der Waals surface area contributed by atoms with Crippen LogP contribution < -0.4 is 11.5 Å². The maximum atomic E-state index is 10.3. The van der Waals surface area contributed by atoms with E-state index in [2.05, 4.69) is 15.1 Å². The predicted molar refractivity (Wildman–Crippen MR) is 65.3 cm³/mol. The summed E-state index contributed by atoms with van der Waals surface area (Å²) in [5, 5.41) is 33.3. The van der Waals surface area contributed by atoms with E-state index in [4.69, 9.17) is 26.0 Å². The molecule has 2 aromatic heterocycles. The first-order chi connectivity index (χ1) is 9.93. The lowest BCUT2D eigenvalue weighted by molar-refractivity contribution is -0.159. The molecule has 0 unspecified atom stereocenters. The van der Waals surface area contributed by atoms with Crippen molar-refractivity contribution in [2.45, 2.75) is 23.8 Å². The molecular formula is C10H12N6O5. The number of hydrogen-bond donors (Lipinski definition) is 5. The molecule has 7 N–H and O–H groups in total. The Morgan fingerprint density at radius 2 is 2.19 bits per heavy atom. The van der Waals surface area contributed by atoms with Crippen LogP contribution in [0.2, 0.25) is 0 Å². The van der Waals surface area contributed by atoms with Gasteiger partial charge in [-0.1, -0.05) is 0 Å². The van der Waals surface area contributed by atoms with Crippen molar-refractivity contribution in [3.63, 3.8) is 0 Å². The Morgan fingerprint density at radius 3 is 2.86 bits per heavy atom. The number of fused-ring (bicyclic) bond motifs is 2. The third-order valence-electron chi connectivity index (χ3n) is 3.72. The van der Waals surface area contributed by atoms with Crippen molar-refractivity contribution < 1.29 is 24.8 Å². The SMILES string of the molecule is Nc1nc(N)c2ncc([C@]34O[C@H](CO)[C@@H](O)[C@]3(O)O4)n2n1. The molecule has 21 heavy (non-hydrogen) atoms. The summed E-state index contributed by atoms with van der Waals surface area (Å²) >= 11 is 0. The van der Waals surface area contributed by atoms with Gasteiger partial charge in [-0.05, 0) is 0 Å². The summed E-state index contributed by atoms with van der Waals surface area (Å²) in [6.45, 7) is -0.482. The molecule has 0 aliphatic carbocycles. The van der Waals surface area contributed by atoms with Crippen LogP contribution in [0.25, 0.3) is 5.65 Å². The highest BCUT2D eigenvalue weighted by Gasteiger charge is 2.84. The van der Waals surface area contributed by atoms with Crippen LogP contribution in [0.3, 0.4) is 0 Å². The number of ether oxygens (including phenoxy) is 2. The van der Waals surface area contributed by atoms with Crippen LogP contribution in [0.15, 0.2) is 6.20 Å². The second kappa shape index (κ2) is 3.58. The number of rotatable bonds is 2. The summed E-state index contributed by atoms with van der Waals surface area (Å²) in [5.41, 5.74) is 11.6. The van der Waals surface area contributed by atoms with Crippen molar-refractivity contribution in [1.82, 2.24) is 19.6 Å². The minimum absolute atomic E-state index is 0.0478. The van der Waals surface area contributed by atoms with Crippen LogP contribution in [0.4, 0.5) is 11.8 Å². The Bertz CT molecular complexity index is 751. The highest BCUT2D eigenvalue weighted by molar-refractivity contribution is 5.61. The van der Waals surface area contributed by atoms with Crippen LogP contribution in [-0.4, -0.2) is 59.5 Å². The third kappa shape index (κ3) is 1.31. The Balaban J connectivity index is 1.89. The Morgan fingerprint density at radius 1 is 1.43 bits per heavy atom. The zero-order chi connectivity index (χ0) is 15.0. The fourth-order valence-electron chi connectivity index (χ4n) is 2.66. The normalized spacial score (nSPS) is 37.9. The molecule has 4 rings (SSSR count). The monoisotopic (exact) mass is 296 g/mol. The van der Waals surface area contributed by atoms with Crippen LogP contribution in [-0.2, 0) is 15.3 Å². The van der Waals surface area contributed by atoms with E-state index in [1.54, 1.807) is 0 Å². The number of aliphatic hydroxyl groups is 3. The first-order valence-electron chi connectivity index (χ1n) is 6.09. The molecule has 0 aromatic carbocycles. The van der Waals surface area contributed by atoms with Crippen molar-refractivity contribution in [2.24, 2.45) is 0 Å². The Labute approximate surface area is 116 Å². The molecular weight excluding hydrogens is 284 g/mol. The molecule has 4 heterocycles. The number of aliphatic hydroxyl groups excluding tert-OH is 2. The lowest BCUT2D eigenvalue weighted by Gasteiger charge is -2.16. The van der Waals surface area contributed by atoms with Gasteiger partial charge < -0.3 is 31.5 Å². The summed E-state index contributed by atoms with van der Waals surface area (Å²) in [5.74, 6) is -3.71. The second-order valence-corrected chi connectivity index (χ2v) is 4.93. The summed E-state index contributed by atoms with van der Waals surface area (Å²) < 4.78 is 11.8. The number of hydrogen-bond acceptors (Lipinski definition) is 10. The molecule has 2 fully saturated rings. The van der Waals surface area contributed by atoms with E-state index < -0.39 is 30.4 Å². The van der Waals surface area contributed by atoms with E-state index in [1.165, 1.54) is 10.7 Å². The van der Waals surface area contributed by atoms with Crippen molar-refractivity contribution in [3.8, 4) is 0 Å². The van der Waals surface area contributed by atoms with Crippen molar-refractivity contribution in [1.29, 1.82) is 0 Å². The van der Waals surface area contributed by atoms with Gasteiger partial charge in [-0.25, -0.2) is 9.50 Å². The molecule has 2 aliphatic rings. The first-order valence-corrected chi connectivity index (χ1v) is 6.09. The van der Waals surface area contributed by atoms with Crippen molar-refractivity contribution >= 4 is 17.4 Å². The van der Waals surface area contributed by atoms with Gasteiger partial charge in [0, 0.05) is 0 Å². The molecule has 112 valence electrons. The molecule has 11 heteroatoms. The molecule has 0 saturated carbocycles. The van der Waals surface area contributed by atoms with Gasteiger partial charge in [0.1, 0.15) is 17.9 Å². The van der Waals surface area contributed by atoms with Crippen LogP contribution >= 0.6 is 0 Å². The van der Waals surface area contributed by atoms with Gasteiger partial charge >= 0.3 is 0 Å². The molecule has 0 bridgehead atoms. The van der Waals surface area contributed by atoms with Gasteiger partial charge in [-0.3, -0.25) is 4.74 Å². The average Bonchev–Trinajstić information content (AvgIpc) is 2.76. The first kappa shape index (κ1) is 12.7. The van der Waals surface area contributed by atoms with E-state index in [0.717, 1.165) is 0 Å². The van der Waals surface area contributed by atoms with Crippen molar-refractivity contribution in [3.05, 3.63) is 11.9 Å². The van der Waals surface area contributed by atoms with E-state index in [1.807, 2.05) is 0 Å². The topological polar surface area (TPSA) is 178 Å². The Kier molecular flexibility index (Phi) is 2.16. The van der Waals surface area contributed by atoms with Gasteiger partial charge in [0.15, 0.2) is 11.5 Å². The lowest BCUT2D eigenvalue weighted by atomic mass is 10.1. The molecule has 0 amide bonds. The average molecular weight is 296 g/mol. The molecule has 0 radical (unpaired) electrons. The van der Waals surface area contributed by atoms with Crippen LogP contribution in [0.1, 0.15) is 5.69 Å². The molecule has 2 saturated heterocycles. The summed E-state index contributed by atoms with van der Waals surface area (Å²) in [4.78, 5) is 7.79. The lowest BCUT2D eigenvalue weighted by Crippen LogP contribution is -2.37. The van der Waals surface area contributed by atoms with E-state index in [0.29, 0.717) is 0 Å². The minimum Gasteiger partial charge on any atom is -0.394 e. The minimum atomic E-state index is -1.98. The maximum Gasteiger partial charge on any atom is 0.276 e. The fourth-order valence-corrected chi connectivity index (χ4v) is 2.66. The van der Waals surface area contributed by atoms with E-state index >= 15 is 0 Å². The highest BCUT2D eigenvalue weighted by Crippen LogP contribution is 2.62. The zero-order valence-electron chi connectivity index (χ0n) is 10.5. The van der Waals surface area contributed by atoms with Gasteiger partial charge in [-0.2, -0.15) is 4.98 Å². The van der Waals surface area contributed by atoms with Gasteiger partial charge in [0.25, 0.3) is 11.6 Å². The predicted octanol–water partition coefficient (Wildman–Crippen LogP) is -3.09. The third-order valence-corrected chi connectivity index (χ3v) is 3.72. The molecule has 2 aromatic rings. The number of nitrogens with two attached hydrogens (primary N) is 2. The van der Waals surface area contributed by atoms with Crippen LogP contribution in [0.5, 0.6) is 0 Å². The van der Waals surface area contributed by atoms with Crippen LogP contribution in [0, 0.1) is 0 Å². The van der Waals surface area contributed by atoms with E-state index in [9.17, 15) is 10.2 Å². The zero-order valence-corrected chi connectivity index (χ0v) is 10.5.